The van der Waals surface area contributed by atoms with Gasteiger partial charge in [-0.2, -0.15) is 0 Å². The van der Waals surface area contributed by atoms with Crippen LogP contribution >= 0.6 is 11.6 Å². The van der Waals surface area contributed by atoms with E-state index in [-0.39, 0.29) is 0 Å². The Morgan fingerprint density at radius 3 is 2.78 bits per heavy atom. The standard InChI is InChI=1S/C7H12ClN/c1-2-4-7(9)5-3-6-8/h2,4-5H,3,6,9H2,1H3/b4-2-,7-5+. The molecule has 0 fully saturated rings. The highest BCUT2D eigenvalue weighted by atomic mass is 35.5. The second-order valence-electron chi connectivity index (χ2n) is 1.68. The monoisotopic (exact) mass is 145 g/mol. The van der Waals surface area contributed by atoms with Crippen molar-refractivity contribution in [1.29, 1.82) is 0 Å². The summed E-state index contributed by atoms with van der Waals surface area (Å²) in [4.78, 5) is 0. The van der Waals surface area contributed by atoms with Gasteiger partial charge in [0, 0.05) is 11.6 Å². The van der Waals surface area contributed by atoms with Crippen LogP contribution in [0.4, 0.5) is 0 Å². The Bertz CT molecular complexity index is 116. The molecule has 0 bridgehead atoms. The van der Waals surface area contributed by atoms with E-state index in [1.54, 1.807) is 0 Å². The van der Waals surface area contributed by atoms with Crippen molar-refractivity contribution in [2.24, 2.45) is 5.73 Å². The number of hydrogen-bond acceptors (Lipinski definition) is 1. The van der Waals surface area contributed by atoms with Gasteiger partial charge in [-0.1, -0.05) is 12.2 Å². The lowest BCUT2D eigenvalue weighted by Gasteiger charge is -1.88. The molecule has 0 aliphatic rings. The highest BCUT2D eigenvalue weighted by Gasteiger charge is 1.79. The molecule has 0 aliphatic heterocycles. The van der Waals surface area contributed by atoms with Crippen LogP contribution in [0.2, 0.25) is 0 Å². The lowest BCUT2D eigenvalue weighted by molar-refractivity contribution is 1.19. The van der Waals surface area contributed by atoms with Crippen LogP contribution in [0.5, 0.6) is 0 Å². The first-order chi connectivity index (χ1) is 4.31. The zero-order valence-corrected chi connectivity index (χ0v) is 6.36. The molecule has 0 amide bonds. The van der Waals surface area contributed by atoms with Crippen LogP contribution in [0, 0.1) is 0 Å². The van der Waals surface area contributed by atoms with E-state index in [2.05, 4.69) is 0 Å². The molecule has 1 nitrogen and oxygen atoms in total. The normalized spacial score (nSPS) is 12.9. The van der Waals surface area contributed by atoms with E-state index in [4.69, 9.17) is 17.3 Å². The molecule has 0 aromatic heterocycles. The summed E-state index contributed by atoms with van der Waals surface area (Å²) in [5.41, 5.74) is 6.28. The Hall–Kier alpha value is -0.430. The minimum Gasteiger partial charge on any atom is -0.399 e. The van der Waals surface area contributed by atoms with Crippen LogP contribution in [-0.2, 0) is 0 Å². The van der Waals surface area contributed by atoms with Crippen LogP contribution in [-0.4, -0.2) is 5.88 Å². The lowest BCUT2D eigenvalue weighted by Crippen LogP contribution is -1.91. The predicted octanol–water partition coefficient (Wildman–Crippen LogP) is 2.03. The zero-order valence-electron chi connectivity index (χ0n) is 5.60. The van der Waals surface area contributed by atoms with Crippen molar-refractivity contribution in [2.75, 3.05) is 5.88 Å². The van der Waals surface area contributed by atoms with Gasteiger partial charge in [-0.05, 0) is 19.4 Å². The molecule has 0 unspecified atom stereocenters. The molecule has 0 spiro atoms. The Balaban J connectivity index is 3.55. The van der Waals surface area contributed by atoms with Crippen LogP contribution in [0.1, 0.15) is 13.3 Å². The minimum absolute atomic E-state index is 0.637. The first-order valence-corrected chi connectivity index (χ1v) is 3.49. The highest BCUT2D eigenvalue weighted by molar-refractivity contribution is 6.17. The zero-order chi connectivity index (χ0) is 7.11. The van der Waals surface area contributed by atoms with Crippen molar-refractivity contribution in [2.45, 2.75) is 13.3 Å². The van der Waals surface area contributed by atoms with Crippen LogP contribution in [0.15, 0.2) is 23.9 Å². The van der Waals surface area contributed by atoms with Crippen molar-refractivity contribution in [3.8, 4) is 0 Å². The van der Waals surface area contributed by atoms with Crippen LogP contribution in [0.3, 0.4) is 0 Å². The number of rotatable bonds is 3. The quantitative estimate of drug-likeness (QED) is 0.478. The molecule has 0 radical (unpaired) electrons. The Morgan fingerprint density at radius 2 is 2.33 bits per heavy atom. The molecule has 9 heavy (non-hydrogen) atoms. The number of hydrogen-bond donors (Lipinski definition) is 1. The van der Waals surface area contributed by atoms with E-state index >= 15 is 0 Å². The summed E-state index contributed by atoms with van der Waals surface area (Å²) in [5, 5.41) is 0. The molecule has 52 valence electrons. The van der Waals surface area contributed by atoms with Gasteiger partial charge in [0.2, 0.25) is 0 Å². The van der Waals surface area contributed by atoms with Crippen molar-refractivity contribution >= 4 is 11.6 Å². The summed E-state index contributed by atoms with van der Waals surface area (Å²) in [6.45, 7) is 1.93. The Kier molecular flexibility index (Phi) is 5.43. The van der Waals surface area contributed by atoms with Gasteiger partial charge in [-0.15, -0.1) is 11.6 Å². The van der Waals surface area contributed by atoms with Gasteiger partial charge in [0.05, 0.1) is 0 Å². The van der Waals surface area contributed by atoms with Crippen LogP contribution in [0.25, 0.3) is 0 Å². The van der Waals surface area contributed by atoms with E-state index < -0.39 is 0 Å². The number of allylic oxidation sites excluding steroid dienone is 3. The molecule has 0 rings (SSSR count). The van der Waals surface area contributed by atoms with Gasteiger partial charge < -0.3 is 5.73 Å². The van der Waals surface area contributed by atoms with Crippen molar-refractivity contribution < 1.29 is 0 Å². The largest absolute Gasteiger partial charge is 0.399 e. The average Bonchev–Trinajstić information content (AvgIpc) is 1.85. The van der Waals surface area contributed by atoms with Crippen molar-refractivity contribution in [3.05, 3.63) is 23.9 Å². The fourth-order valence-corrected chi connectivity index (χ4v) is 0.591. The second kappa shape index (κ2) is 5.70. The van der Waals surface area contributed by atoms with E-state index in [1.165, 1.54) is 0 Å². The van der Waals surface area contributed by atoms with Gasteiger partial charge in [-0.25, -0.2) is 0 Å². The summed E-state index contributed by atoms with van der Waals surface area (Å²) in [5.74, 6) is 0.637. The summed E-state index contributed by atoms with van der Waals surface area (Å²) >= 11 is 5.42. The van der Waals surface area contributed by atoms with E-state index in [0.29, 0.717) is 5.88 Å². The first kappa shape index (κ1) is 8.57. The predicted molar refractivity (Wildman–Crippen MR) is 42.4 cm³/mol. The first-order valence-electron chi connectivity index (χ1n) is 2.95. The lowest BCUT2D eigenvalue weighted by atomic mass is 10.3. The molecule has 0 aromatic carbocycles. The molecular formula is C7H12ClN. The molecule has 2 heteroatoms. The molecule has 0 aliphatic carbocycles. The average molecular weight is 146 g/mol. The number of alkyl halides is 1. The van der Waals surface area contributed by atoms with Crippen LogP contribution < -0.4 is 5.73 Å². The van der Waals surface area contributed by atoms with Gasteiger partial charge in [-0.3, -0.25) is 0 Å². The maximum Gasteiger partial charge on any atom is 0.0270 e. The molecule has 0 saturated heterocycles. The molecule has 0 saturated carbocycles. The summed E-state index contributed by atoms with van der Waals surface area (Å²) in [6, 6.07) is 0. The number of halogens is 1. The fraction of sp³-hybridized carbons (Fsp3) is 0.429. The third kappa shape index (κ3) is 5.44. The Labute approximate surface area is 61.2 Å². The smallest absolute Gasteiger partial charge is 0.0270 e. The molecular weight excluding hydrogens is 134 g/mol. The van der Waals surface area contributed by atoms with Gasteiger partial charge >= 0.3 is 0 Å². The third-order valence-corrected chi connectivity index (χ3v) is 1.07. The van der Waals surface area contributed by atoms with Crippen molar-refractivity contribution in [1.82, 2.24) is 0 Å². The van der Waals surface area contributed by atoms with Crippen molar-refractivity contribution in [3.63, 3.8) is 0 Å². The van der Waals surface area contributed by atoms with Gasteiger partial charge in [0.1, 0.15) is 0 Å². The highest BCUT2D eigenvalue weighted by Crippen LogP contribution is 1.92. The SMILES string of the molecule is C/C=C\C(N)=C/CCCl. The fourth-order valence-electron chi connectivity index (χ4n) is 0.482. The molecule has 0 atom stereocenters. The maximum atomic E-state index is 5.49. The molecule has 0 aromatic rings. The third-order valence-electron chi connectivity index (χ3n) is 0.848. The maximum absolute atomic E-state index is 5.49. The summed E-state index contributed by atoms with van der Waals surface area (Å²) < 4.78 is 0. The summed E-state index contributed by atoms with van der Waals surface area (Å²) in [6.07, 6.45) is 6.51. The molecule has 0 heterocycles. The van der Waals surface area contributed by atoms with E-state index in [1.807, 2.05) is 25.2 Å². The van der Waals surface area contributed by atoms with Gasteiger partial charge in [0.25, 0.3) is 0 Å². The Morgan fingerprint density at radius 1 is 1.67 bits per heavy atom. The molecule has 2 N–H and O–H groups in total. The minimum atomic E-state index is 0.637. The topological polar surface area (TPSA) is 26.0 Å². The number of nitrogens with two attached hydrogens (primary N) is 1. The second-order valence-corrected chi connectivity index (χ2v) is 2.06. The van der Waals surface area contributed by atoms with E-state index in [0.717, 1.165) is 12.1 Å². The van der Waals surface area contributed by atoms with E-state index in [9.17, 15) is 0 Å². The summed E-state index contributed by atoms with van der Waals surface area (Å²) in [7, 11) is 0. The van der Waals surface area contributed by atoms with Gasteiger partial charge in [0.15, 0.2) is 0 Å².